The number of anilines is 2. The van der Waals surface area contributed by atoms with E-state index in [2.05, 4.69) is 17.2 Å². The Morgan fingerprint density at radius 2 is 2.30 bits per heavy atom. The molecule has 1 aromatic heterocycles. The lowest BCUT2D eigenvalue weighted by atomic mass is 10.2. The summed E-state index contributed by atoms with van der Waals surface area (Å²) in [6.45, 7) is 2.76. The molecule has 0 aliphatic heterocycles. The number of carbonyl (C=O) groups excluding carboxylic acids is 1. The molecular weight excluding hydrogens is 252 g/mol. The first-order valence-corrected chi connectivity index (χ1v) is 6.84. The lowest BCUT2D eigenvalue weighted by Gasteiger charge is -2.08. The van der Waals surface area contributed by atoms with Crippen molar-refractivity contribution in [2.45, 2.75) is 32.7 Å². The Hall–Kier alpha value is -2.30. The number of aryl methyl sites for hydroxylation is 2. The molecule has 0 atom stereocenters. The number of nitrogens with two attached hydrogens (primary N) is 1. The Bertz CT molecular complexity index is 577. The van der Waals surface area contributed by atoms with Crippen molar-refractivity contribution in [2.24, 2.45) is 0 Å². The van der Waals surface area contributed by atoms with Gasteiger partial charge in [0.1, 0.15) is 5.82 Å². The van der Waals surface area contributed by atoms with Gasteiger partial charge in [0.05, 0.1) is 0 Å². The van der Waals surface area contributed by atoms with E-state index in [4.69, 9.17) is 5.73 Å². The van der Waals surface area contributed by atoms with Crippen LogP contribution in [-0.2, 0) is 17.8 Å². The first kappa shape index (κ1) is 14.1. The number of nitrogens with zero attached hydrogens (tertiary/aromatic N) is 2. The van der Waals surface area contributed by atoms with Crippen molar-refractivity contribution in [2.75, 3.05) is 11.1 Å². The number of rotatable bonds is 6. The zero-order chi connectivity index (χ0) is 14.4. The minimum absolute atomic E-state index is 0.0215. The fourth-order valence-corrected chi connectivity index (χ4v) is 2.06. The average molecular weight is 272 g/mol. The summed E-state index contributed by atoms with van der Waals surface area (Å²) in [5.74, 6) is 1.01. The molecule has 2 rings (SSSR count). The van der Waals surface area contributed by atoms with Crippen molar-refractivity contribution < 1.29 is 4.79 Å². The first-order chi connectivity index (χ1) is 9.69. The van der Waals surface area contributed by atoms with Gasteiger partial charge in [-0.3, -0.25) is 4.79 Å². The van der Waals surface area contributed by atoms with Crippen molar-refractivity contribution in [3.05, 3.63) is 42.5 Å². The van der Waals surface area contributed by atoms with E-state index in [1.165, 1.54) is 0 Å². The molecule has 0 spiro atoms. The zero-order valence-electron chi connectivity index (χ0n) is 11.7. The molecule has 0 radical (unpaired) electrons. The lowest BCUT2D eigenvalue weighted by Crippen LogP contribution is -2.15. The number of imidazole rings is 1. The molecule has 1 aromatic carbocycles. The Morgan fingerprint density at radius 3 is 3.05 bits per heavy atom. The monoisotopic (exact) mass is 272 g/mol. The van der Waals surface area contributed by atoms with E-state index in [1.54, 1.807) is 18.3 Å². The van der Waals surface area contributed by atoms with Gasteiger partial charge < -0.3 is 15.6 Å². The number of carbonyl (C=O) groups is 1. The highest BCUT2D eigenvalue weighted by Gasteiger charge is 2.06. The van der Waals surface area contributed by atoms with Crippen LogP contribution in [0.25, 0.3) is 0 Å². The van der Waals surface area contributed by atoms with Crippen LogP contribution in [0.4, 0.5) is 11.4 Å². The molecule has 5 heteroatoms. The maximum atomic E-state index is 11.9. The minimum atomic E-state index is -0.0215. The maximum absolute atomic E-state index is 11.9. The first-order valence-electron chi connectivity index (χ1n) is 6.84. The van der Waals surface area contributed by atoms with Crippen molar-refractivity contribution in [3.63, 3.8) is 0 Å². The van der Waals surface area contributed by atoms with E-state index >= 15 is 0 Å². The summed E-state index contributed by atoms with van der Waals surface area (Å²) in [7, 11) is 0. The van der Waals surface area contributed by atoms with E-state index in [1.807, 2.05) is 22.9 Å². The van der Waals surface area contributed by atoms with Gasteiger partial charge >= 0.3 is 0 Å². The summed E-state index contributed by atoms with van der Waals surface area (Å²) in [5.41, 5.74) is 7.05. The molecule has 20 heavy (non-hydrogen) atoms. The van der Waals surface area contributed by atoms with E-state index in [-0.39, 0.29) is 5.91 Å². The van der Waals surface area contributed by atoms with Crippen LogP contribution in [0.5, 0.6) is 0 Å². The van der Waals surface area contributed by atoms with Gasteiger partial charge in [0, 0.05) is 43.2 Å². The topological polar surface area (TPSA) is 72.9 Å². The van der Waals surface area contributed by atoms with Crippen LogP contribution in [0.15, 0.2) is 36.7 Å². The molecule has 0 saturated heterocycles. The van der Waals surface area contributed by atoms with Crippen LogP contribution >= 0.6 is 0 Å². The van der Waals surface area contributed by atoms with Crippen molar-refractivity contribution in [1.82, 2.24) is 9.55 Å². The molecule has 0 saturated carbocycles. The van der Waals surface area contributed by atoms with Crippen molar-refractivity contribution >= 4 is 17.3 Å². The van der Waals surface area contributed by atoms with Gasteiger partial charge in [-0.25, -0.2) is 4.98 Å². The number of hydrogen-bond acceptors (Lipinski definition) is 3. The fraction of sp³-hybridized carbons (Fsp3) is 0.333. The molecule has 1 amide bonds. The van der Waals surface area contributed by atoms with Gasteiger partial charge in [-0.1, -0.05) is 13.0 Å². The summed E-state index contributed by atoms with van der Waals surface area (Å²) in [6.07, 6.45) is 6.10. The van der Waals surface area contributed by atoms with Gasteiger partial charge in [0.15, 0.2) is 0 Å². The van der Waals surface area contributed by atoms with E-state index in [9.17, 15) is 4.79 Å². The van der Waals surface area contributed by atoms with Crippen molar-refractivity contribution in [3.8, 4) is 0 Å². The third-order valence-corrected chi connectivity index (χ3v) is 3.03. The summed E-state index contributed by atoms with van der Waals surface area (Å²) in [4.78, 5) is 16.2. The molecule has 106 valence electrons. The molecular formula is C15H20N4O. The summed E-state index contributed by atoms with van der Waals surface area (Å²) in [6, 6.07) is 7.18. The van der Waals surface area contributed by atoms with Gasteiger partial charge in [-0.05, 0) is 24.6 Å². The summed E-state index contributed by atoms with van der Waals surface area (Å²) >= 11 is 0. The number of nitrogens with one attached hydrogen (secondary N) is 1. The Kier molecular flexibility index (Phi) is 4.76. The van der Waals surface area contributed by atoms with Crippen LogP contribution in [0, 0.1) is 0 Å². The number of aromatic nitrogens is 2. The third-order valence-electron chi connectivity index (χ3n) is 3.03. The van der Waals surface area contributed by atoms with Gasteiger partial charge in [0.25, 0.3) is 0 Å². The molecule has 2 aromatic rings. The van der Waals surface area contributed by atoms with Gasteiger partial charge in [0.2, 0.25) is 5.91 Å². The molecule has 0 fully saturated rings. The van der Waals surface area contributed by atoms with Crippen LogP contribution in [-0.4, -0.2) is 15.5 Å². The van der Waals surface area contributed by atoms with Crippen LogP contribution < -0.4 is 11.1 Å². The summed E-state index contributed by atoms with van der Waals surface area (Å²) in [5, 5.41) is 2.84. The van der Waals surface area contributed by atoms with E-state index < -0.39 is 0 Å². The molecule has 0 aliphatic carbocycles. The molecule has 1 heterocycles. The highest BCUT2D eigenvalue weighted by Crippen LogP contribution is 2.12. The molecule has 0 bridgehead atoms. The van der Waals surface area contributed by atoms with Crippen molar-refractivity contribution in [1.29, 1.82) is 0 Å². The standard InChI is InChI=1S/C15H20N4O/c1-2-4-14-17-8-10-19(14)9-7-15(20)18-13-6-3-5-12(16)11-13/h3,5-6,8,10-11H,2,4,7,9,16H2,1H3,(H,18,20). The second kappa shape index (κ2) is 6.75. The predicted molar refractivity (Wildman–Crippen MR) is 80.3 cm³/mol. The smallest absolute Gasteiger partial charge is 0.226 e. The summed E-state index contributed by atoms with van der Waals surface area (Å²) < 4.78 is 2.03. The van der Waals surface area contributed by atoms with Crippen LogP contribution in [0.1, 0.15) is 25.6 Å². The Morgan fingerprint density at radius 1 is 1.45 bits per heavy atom. The second-order valence-electron chi connectivity index (χ2n) is 4.71. The van der Waals surface area contributed by atoms with Gasteiger partial charge in [-0.2, -0.15) is 0 Å². The number of amides is 1. The minimum Gasteiger partial charge on any atom is -0.399 e. The second-order valence-corrected chi connectivity index (χ2v) is 4.71. The average Bonchev–Trinajstić information content (AvgIpc) is 2.84. The quantitative estimate of drug-likeness (QED) is 0.793. The highest BCUT2D eigenvalue weighted by molar-refractivity contribution is 5.91. The van der Waals surface area contributed by atoms with Crippen LogP contribution in [0.3, 0.4) is 0 Å². The number of nitrogen functional groups attached to an aromatic ring is 1. The molecule has 0 aliphatic rings. The van der Waals surface area contributed by atoms with Gasteiger partial charge in [-0.15, -0.1) is 0 Å². The third kappa shape index (κ3) is 3.85. The number of benzene rings is 1. The SMILES string of the molecule is CCCc1nccn1CCC(=O)Nc1cccc(N)c1. The van der Waals surface area contributed by atoms with Crippen LogP contribution in [0.2, 0.25) is 0 Å². The molecule has 0 unspecified atom stereocenters. The Balaban J connectivity index is 1.87. The van der Waals surface area contributed by atoms with E-state index in [0.29, 0.717) is 18.7 Å². The largest absolute Gasteiger partial charge is 0.399 e. The predicted octanol–water partition coefficient (Wildman–Crippen LogP) is 2.45. The lowest BCUT2D eigenvalue weighted by molar-refractivity contribution is -0.116. The normalized spacial score (nSPS) is 10.4. The molecule has 5 nitrogen and oxygen atoms in total. The van der Waals surface area contributed by atoms with E-state index in [0.717, 1.165) is 24.4 Å². The zero-order valence-corrected chi connectivity index (χ0v) is 11.7. The fourth-order valence-electron chi connectivity index (χ4n) is 2.06. The number of hydrogen-bond donors (Lipinski definition) is 2. The molecule has 3 N–H and O–H groups in total. The highest BCUT2D eigenvalue weighted by atomic mass is 16.1. The Labute approximate surface area is 118 Å². The maximum Gasteiger partial charge on any atom is 0.226 e.